The van der Waals surface area contributed by atoms with Crippen molar-refractivity contribution in [2.24, 2.45) is 5.73 Å². The van der Waals surface area contributed by atoms with E-state index in [9.17, 15) is 39.9 Å². The maximum absolute atomic E-state index is 13.6. The van der Waals surface area contributed by atoms with Crippen LogP contribution in [0.25, 0.3) is 0 Å². The van der Waals surface area contributed by atoms with Gasteiger partial charge >= 0.3 is 0 Å². The lowest BCUT2D eigenvalue weighted by Gasteiger charge is -2.42. The van der Waals surface area contributed by atoms with E-state index < -0.39 is 95.7 Å². The third-order valence-corrected chi connectivity index (χ3v) is 7.81. The first-order chi connectivity index (χ1) is 18.4. The number of hydrogen-bond donors (Lipinski definition) is 6. The number of ether oxygens (including phenoxy) is 3. The monoisotopic (exact) mass is 543 g/mol. The molecule has 12 heteroatoms. The van der Waals surface area contributed by atoms with Crippen LogP contribution < -0.4 is 10.5 Å². The van der Waals surface area contributed by atoms with Crippen molar-refractivity contribution in [3.8, 4) is 17.2 Å². The second kappa shape index (κ2) is 9.66. The number of aliphatic hydroxyl groups excluding tert-OH is 2. The van der Waals surface area contributed by atoms with Gasteiger partial charge in [-0.25, -0.2) is 0 Å². The predicted molar refractivity (Wildman–Crippen MR) is 132 cm³/mol. The number of ketones is 3. The highest BCUT2D eigenvalue weighted by Crippen LogP contribution is 2.52. The minimum atomic E-state index is -2.24. The van der Waals surface area contributed by atoms with Crippen LogP contribution in [0.5, 0.6) is 17.2 Å². The predicted octanol–water partition coefficient (Wildman–Crippen LogP) is 0.00130. The zero-order chi connectivity index (χ0) is 28.4. The molecule has 6 atom stereocenters. The highest BCUT2D eigenvalue weighted by atomic mass is 16.7. The molecular weight excluding hydrogens is 514 g/mol. The van der Waals surface area contributed by atoms with Gasteiger partial charge in [-0.1, -0.05) is 12.1 Å². The molecule has 208 valence electrons. The summed E-state index contributed by atoms with van der Waals surface area (Å²) < 4.78 is 17.0. The fourth-order valence-corrected chi connectivity index (χ4v) is 5.75. The van der Waals surface area contributed by atoms with Crippen molar-refractivity contribution in [1.29, 1.82) is 0 Å². The van der Waals surface area contributed by atoms with Gasteiger partial charge in [-0.15, -0.1) is 0 Å². The van der Waals surface area contributed by atoms with Crippen LogP contribution in [0.2, 0.25) is 0 Å². The molecule has 0 saturated carbocycles. The molecule has 2 aromatic rings. The Morgan fingerprint density at radius 2 is 1.85 bits per heavy atom. The summed E-state index contributed by atoms with van der Waals surface area (Å²) in [7, 11) is 1.32. The Kier molecular flexibility index (Phi) is 6.74. The first-order valence-electron chi connectivity index (χ1n) is 12.4. The molecule has 0 amide bonds. The molecule has 5 rings (SSSR count). The number of methoxy groups -OCH3 is 1. The molecule has 1 heterocycles. The molecular formula is C27H29NO11. The van der Waals surface area contributed by atoms with E-state index in [1.165, 1.54) is 25.3 Å². The normalized spacial score (nSPS) is 29.8. The van der Waals surface area contributed by atoms with Gasteiger partial charge in [-0.05, 0) is 13.0 Å². The molecule has 1 saturated heterocycles. The van der Waals surface area contributed by atoms with Crippen molar-refractivity contribution in [2.75, 3.05) is 13.7 Å². The standard InChI is InChI=1S/C27H29NO11/c1-10-22(31)13(28)6-17(38-10)39-15-8-27(36,16(30)9-29)7-12-19(15)26(35)21-20(24(12)33)23(32)11-4-3-5-14(37-2)18(11)25(21)34/h3-5,10,13,15,17,22,29,31,33,35-36H,6-9,28H2,1-2H3/t10-,13-,15?,17-,22-,27-/m0/s1. The number of carbonyl (C=O) groups excluding carboxylic acids is 3. The topological polar surface area (TPSA) is 206 Å². The van der Waals surface area contributed by atoms with E-state index in [2.05, 4.69) is 0 Å². The van der Waals surface area contributed by atoms with Crippen molar-refractivity contribution < 1.29 is 54.1 Å². The Balaban J connectivity index is 1.69. The van der Waals surface area contributed by atoms with Crippen LogP contribution in [-0.4, -0.2) is 86.7 Å². The SMILES string of the molecule is COc1cccc2c1C(=O)c1c(O)c3c(c(O)c1C2=O)C[C@@](O)(C(=O)CO)CC3O[C@H]1C[C@H](N)[C@@H](O)[C@H](C)O1. The summed E-state index contributed by atoms with van der Waals surface area (Å²) >= 11 is 0. The highest BCUT2D eigenvalue weighted by molar-refractivity contribution is 6.31. The number of hydrogen-bond acceptors (Lipinski definition) is 12. The van der Waals surface area contributed by atoms with E-state index >= 15 is 0 Å². The van der Waals surface area contributed by atoms with Gasteiger partial charge in [0, 0.05) is 42.0 Å². The van der Waals surface area contributed by atoms with Crippen LogP contribution in [0, 0.1) is 0 Å². The Morgan fingerprint density at radius 3 is 2.49 bits per heavy atom. The first kappa shape index (κ1) is 27.2. The summed E-state index contributed by atoms with van der Waals surface area (Å²) in [6.45, 7) is 0.560. The number of rotatable bonds is 5. The van der Waals surface area contributed by atoms with Crippen molar-refractivity contribution in [3.63, 3.8) is 0 Å². The van der Waals surface area contributed by atoms with Crippen LogP contribution in [0.15, 0.2) is 18.2 Å². The second-order valence-electron chi connectivity index (χ2n) is 10.2. The number of aromatic hydroxyl groups is 2. The molecule has 1 fully saturated rings. The van der Waals surface area contributed by atoms with Gasteiger partial charge in [0.25, 0.3) is 0 Å². The summed E-state index contributed by atoms with van der Waals surface area (Å²) in [5, 5.41) is 53.7. The first-order valence-corrected chi connectivity index (χ1v) is 12.4. The Hall–Kier alpha value is -3.39. The molecule has 3 aliphatic rings. The van der Waals surface area contributed by atoms with Gasteiger partial charge < -0.3 is 45.5 Å². The number of phenols is 2. The molecule has 39 heavy (non-hydrogen) atoms. The maximum atomic E-state index is 13.6. The van der Waals surface area contributed by atoms with Gasteiger partial charge in [0.05, 0.1) is 42.1 Å². The number of Topliss-reactive ketones (excluding diaryl/α,β-unsaturated/α-hetero) is 1. The van der Waals surface area contributed by atoms with Gasteiger partial charge in [0.1, 0.15) is 29.5 Å². The minimum Gasteiger partial charge on any atom is -0.507 e. The molecule has 0 aromatic heterocycles. The third-order valence-electron chi connectivity index (χ3n) is 7.81. The lowest BCUT2D eigenvalue weighted by atomic mass is 9.72. The number of nitrogens with two attached hydrogens (primary N) is 1. The fraction of sp³-hybridized carbons (Fsp3) is 0.444. The van der Waals surface area contributed by atoms with Crippen LogP contribution in [0.4, 0.5) is 0 Å². The third kappa shape index (κ3) is 4.11. The summed E-state index contributed by atoms with van der Waals surface area (Å²) in [4.78, 5) is 39.7. The lowest BCUT2D eigenvalue weighted by Crippen LogP contribution is -2.53. The molecule has 0 bridgehead atoms. The molecule has 7 N–H and O–H groups in total. The Morgan fingerprint density at radius 1 is 1.15 bits per heavy atom. The number of aliphatic hydroxyl groups is 3. The fourth-order valence-electron chi connectivity index (χ4n) is 5.75. The minimum absolute atomic E-state index is 0.0173. The molecule has 12 nitrogen and oxygen atoms in total. The van der Waals surface area contributed by atoms with Gasteiger partial charge in [0.2, 0.25) is 5.78 Å². The molecule has 1 unspecified atom stereocenters. The average Bonchev–Trinajstić information content (AvgIpc) is 2.90. The van der Waals surface area contributed by atoms with Crippen LogP contribution in [-0.2, 0) is 20.7 Å². The van der Waals surface area contributed by atoms with Gasteiger partial charge in [0.15, 0.2) is 17.9 Å². The van der Waals surface area contributed by atoms with E-state index in [1.807, 2.05) is 0 Å². The lowest BCUT2D eigenvalue weighted by molar-refractivity contribution is -0.247. The van der Waals surface area contributed by atoms with E-state index in [-0.39, 0.29) is 34.4 Å². The molecule has 2 aliphatic carbocycles. The summed E-state index contributed by atoms with van der Waals surface area (Å²) in [6, 6.07) is 3.64. The van der Waals surface area contributed by atoms with E-state index in [4.69, 9.17) is 19.9 Å². The zero-order valence-electron chi connectivity index (χ0n) is 21.2. The van der Waals surface area contributed by atoms with Crippen LogP contribution in [0.3, 0.4) is 0 Å². The summed E-state index contributed by atoms with van der Waals surface area (Å²) in [6.07, 6.45) is -5.12. The summed E-state index contributed by atoms with van der Waals surface area (Å²) in [5.41, 5.74) is 2.37. The van der Waals surface area contributed by atoms with E-state index in [1.54, 1.807) is 6.92 Å². The summed E-state index contributed by atoms with van der Waals surface area (Å²) in [5.74, 6) is -3.77. The van der Waals surface area contributed by atoms with Crippen LogP contribution in [0.1, 0.15) is 68.8 Å². The van der Waals surface area contributed by atoms with Crippen molar-refractivity contribution >= 4 is 17.3 Å². The number of benzene rings is 2. The largest absolute Gasteiger partial charge is 0.507 e. The maximum Gasteiger partial charge on any atom is 0.202 e. The Bertz CT molecular complexity index is 1380. The Labute approximate surface area is 222 Å². The highest BCUT2D eigenvalue weighted by Gasteiger charge is 2.50. The zero-order valence-corrected chi connectivity index (χ0v) is 21.2. The molecule has 2 aromatic carbocycles. The quantitative estimate of drug-likeness (QED) is 0.235. The second-order valence-corrected chi connectivity index (χ2v) is 10.2. The van der Waals surface area contributed by atoms with Crippen LogP contribution >= 0.6 is 0 Å². The number of carbonyl (C=O) groups is 3. The average molecular weight is 544 g/mol. The molecule has 1 aliphatic heterocycles. The smallest absolute Gasteiger partial charge is 0.202 e. The van der Waals surface area contributed by atoms with Crippen molar-refractivity contribution in [1.82, 2.24) is 0 Å². The molecule has 0 radical (unpaired) electrons. The molecule has 0 spiro atoms. The van der Waals surface area contributed by atoms with Crippen molar-refractivity contribution in [3.05, 3.63) is 51.6 Å². The van der Waals surface area contributed by atoms with Crippen molar-refractivity contribution in [2.45, 2.75) is 62.4 Å². The van der Waals surface area contributed by atoms with E-state index in [0.29, 0.717) is 0 Å². The van der Waals surface area contributed by atoms with Gasteiger partial charge in [-0.3, -0.25) is 14.4 Å². The van der Waals surface area contributed by atoms with Gasteiger partial charge in [-0.2, -0.15) is 0 Å². The number of phenolic OH excluding ortho intramolecular Hbond substituents is 2. The van der Waals surface area contributed by atoms with E-state index in [0.717, 1.165) is 0 Å². The number of fused-ring (bicyclic) bond motifs is 3.